The Labute approximate surface area is 143 Å². The maximum absolute atomic E-state index is 12.3. The summed E-state index contributed by atoms with van der Waals surface area (Å²) in [5.74, 6) is -0.455. The minimum absolute atomic E-state index is 0.0492. The minimum Gasteiger partial charge on any atom is -0.350 e. The fraction of sp³-hybridized carbons (Fsp3) is 0.316. The normalized spacial score (nSPS) is 12.6. The van der Waals surface area contributed by atoms with Crippen LogP contribution in [0, 0.1) is 13.8 Å². The van der Waals surface area contributed by atoms with Crippen molar-refractivity contribution >= 4 is 15.7 Å². The predicted octanol–water partition coefficient (Wildman–Crippen LogP) is 3.34. The van der Waals surface area contributed by atoms with Crippen LogP contribution in [0.3, 0.4) is 0 Å². The molecule has 0 aliphatic rings. The number of rotatable bonds is 6. The van der Waals surface area contributed by atoms with Gasteiger partial charge in [-0.2, -0.15) is 0 Å². The first-order valence-electron chi connectivity index (χ1n) is 7.94. The van der Waals surface area contributed by atoms with Crippen LogP contribution < -0.4 is 5.32 Å². The van der Waals surface area contributed by atoms with Crippen LogP contribution in [0.15, 0.2) is 53.4 Å². The van der Waals surface area contributed by atoms with E-state index in [0.29, 0.717) is 0 Å². The van der Waals surface area contributed by atoms with E-state index in [1.165, 1.54) is 0 Å². The fourth-order valence-corrected chi connectivity index (χ4v) is 3.80. The third-order valence-corrected chi connectivity index (χ3v) is 5.74. The van der Waals surface area contributed by atoms with E-state index >= 15 is 0 Å². The zero-order chi connectivity index (χ0) is 17.7. The summed E-state index contributed by atoms with van der Waals surface area (Å²) in [6.07, 6.45) is -0.0492. The summed E-state index contributed by atoms with van der Waals surface area (Å²) in [4.78, 5) is 12.4. The Bertz CT molecular complexity index is 811. The summed E-state index contributed by atoms with van der Waals surface area (Å²) in [6.45, 7) is 5.78. The second-order valence-corrected chi connectivity index (χ2v) is 8.14. The van der Waals surface area contributed by atoms with Crippen LogP contribution in [-0.2, 0) is 14.6 Å². The summed E-state index contributed by atoms with van der Waals surface area (Å²) in [5.41, 5.74) is 3.13. The number of aryl methyl sites for hydroxylation is 2. The van der Waals surface area contributed by atoms with Gasteiger partial charge in [0, 0.05) is 6.42 Å². The predicted molar refractivity (Wildman–Crippen MR) is 95.6 cm³/mol. The molecule has 2 aromatic rings. The maximum Gasteiger partial charge on any atom is 0.221 e. The molecule has 2 aromatic carbocycles. The van der Waals surface area contributed by atoms with Crippen molar-refractivity contribution in [2.45, 2.75) is 38.1 Å². The molecule has 24 heavy (non-hydrogen) atoms. The summed E-state index contributed by atoms with van der Waals surface area (Å²) in [5, 5.41) is 2.87. The average molecular weight is 345 g/mol. The smallest absolute Gasteiger partial charge is 0.221 e. The first-order valence-corrected chi connectivity index (χ1v) is 9.59. The summed E-state index contributed by atoms with van der Waals surface area (Å²) in [6, 6.07) is 14.3. The van der Waals surface area contributed by atoms with E-state index in [4.69, 9.17) is 0 Å². The summed E-state index contributed by atoms with van der Waals surface area (Å²) in [7, 11) is -3.44. The van der Waals surface area contributed by atoms with Crippen LogP contribution in [0.5, 0.6) is 0 Å². The third-order valence-electron chi connectivity index (χ3n) is 4.01. The van der Waals surface area contributed by atoms with Gasteiger partial charge in [0.15, 0.2) is 9.84 Å². The lowest BCUT2D eigenvalue weighted by Gasteiger charge is -2.16. The zero-order valence-electron chi connectivity index (χ0n) is 14.2. The van der Waals surface area contributed by atoms with Crippen molar-refractivity contribution in [1.82, 2.24) is 5.32 Å². The number of carbonyl (C=O) groups excluding carboxylic acids is 1. The highest BCUT2D eigenvalue weighted by Crippen LogP contribution is 2.17. The van der Waals surface area contributed by atoms with Gasteiger partial charge < -0.3 is 5.32 Å². The van der Waals surface area contributed by atoms with Crippen LogP contribution in [0.4, 0.5) is 0 Å². The molecule has 2 rings (SSSR count). The molecule has 0 heterocycles. The van der Waals surface area contributed by atoms with Gasteiger partial charge in [0.05, 0.1) is 16.7 Å². The van der Waals surface area contributed by atoms with Crippen molar-refractivity contribution in [3.8, 4) is 0 Å². The molecule has 0 bridgehead atoms. The van der Waals surface area contributed by atoms with Gasteiger partial charge in [-0.05, 0) is 44.0 Å². The Balaban J connectivity index is 1.95. The van der Waals surface area contributed by atoms with E-state index in [2.05, 4.69) is 5.32 Å². The second-order valence-electron chi connectivity index (χ2n) is 6.03. The highest BCUT2D eigenvalue weighted by Gasteiger charge is 2.18. The molecule has 0 spiro atoms. The van der Waals surface area contributed by atoms with E-state index < -0.39 is 9.84 Å². The van der Waals surface area contributed by atoms with Crippen LogP contribution in [0.25, 0.3) is 0 Å². The van der Waals surface area contributed by atoms with E-state index in [-0.39, 0.29) is 29.0 Å². The first-order chi connectivity index (χ1) is 11.3. The topological polar surface area (TPSA) is 63.2 Å². The second kappa shape index (κ2) is 7.62. The Morgan fingerprint density at radius 3 is 2.29 bits per heavy atom. The van der Waals surface area contributed by atoms with E-state index in [1.807, 2.05) is 45.0 Å². The molecule has 0 saturated carbocycles. The Morgan fingerprint density at radius 2 is 1.67 bits per heavy atom. The van der Waals surface area contributed by atoms with Gasteiger partial charge >= 0.3 is 0 Å². The van der Waals surface area contributed by atoms with Gasteiger partial charge in [0.2, 0.25) is 5.91 Å². The molecule has 4 nitrogen and oxygen atoms in total. The van der Waals surface area contributed by atoms with Crippen molar-refractivity contribution in [1.29, 1.82) is 0 Å². The molecule has 5 heteroatoms. The van der Waals surface area contributed by atoms with Gasteiger partial charge in [-0.15, -0.1) is 0 Å². The Kier molecular flexibility index (Phi) is 5.78. The lowest BCUT2D eigenvalue weighted by atomic mass is 10.0. The van der Waals surface area contributed by atoms with Crippen molar-refractivity contribution in [3.63, 3.8) is 0 Å². The third kappa shape index (κ3) is 4.68. The minimum atomic E-state index is -3.44. The number of hydrogen-bond acceptors (Lipinski definition) is 3. The molecule has 128 valence electrons. The lowest BCUT2D eigenvalue weighted by Crippen LogP contribution is -2.28. The standard InChI is InChI=1S/C19H23NO3S/c1-14-8-10-17(11-9-14)24(22,23)13-12-19(21)20-16(3)18-7-5-4-6-15(18)2/h4-11,16H,12-13H2,1-3H3,(H,20,21). The van der Waals surface area contributed by atoms with Gasteiger partial charge in [0.25, 0.3) is 0 Å². The average Bonchev–Trinajstić information content (AvgIpc) is 2.54. The molecule has 0 aromatic heterocycles. The molecule has 1 amide bonds. The van der Waals surface area contributed by atoms with Crippen molar-refractivity contribution < 1.29 is 13.2 Å². The molecule has 1 atom stereocenters. The number of nitrogens with one attached hydrogen (secondary N) is 1. The zero-order valence-corrected chi connectivity index (χ0v) is 15.1. The van der Waals surface area contributed by atoms with Crippen molar-refractivity contribution in [2.24, 2.45) is 0 Å². The maximum atomic E-state index is 12.3. The number of benzene rings is 2. The van der Waals surface area contributed by atoms with Gasteiger partial charge in [0.1, 0.15) is 0 Å². The monoisotopic (exact) mass is 345 g/mol. The molecular weight excluding hydrogens is 322 g/mol. The molecular formula is C19H23NO3S. The van der Waals surface area contributed by atoms with Crippen LogP contribution in [0.2, 0.25) is 0 Å². The first kappa shape index (κ1) is 18.2. The van der Waals surface area contributed by atoms with Gasteiger partial charge in [-0.1, -0.05) is 42.0 Å². The highest BCUT2D eigenvalue weighted by atomic mass is 32.2. The summed E-state index contributed by atoms with van der Waals surface area (Å²) >= 11 is 0. The molecule has 1 unspecified atom stereocenters. The van der Waals surface area contributed by atoms with Crippen LogP contribution in [-0.4, -0.2) is 20.1 Å². The van der Waals surface area contributed by atoms with Gasteiger partial charge in [-0.25, -0.2) is 8.42 Å². The van der Waals surface area contributed by atoms with E-state index in [1.54, 1.807) is 24.3 Å². The molecule has 0 fully saturated rings. The molecule has 0 aliphatic carbocycles. The van der Waals surface area contributed by atoms with E-state index in [0.717, 1.165) is 16.7 Å². The number of carbonyl (C=O) groups is 1. The quantitative estimate of drug-likeness (QED) is 0.873. The molecule has 0 saturated heterocycles. The number of amides is 1. The Morgan fingerprint density at radius 1 is 1.04 bits per heavy atom. The molecule has 0 radical (unpaired) electrons. The van der Waals surface area contributed by atoms with Gasteiger partial charge in [-0.3, -0.25) is 4.79 Å². The van der Waals surface area contributed by atoms with E-state index in [9.17, 15) is 13.2 Å². The van der Waals surface area contributed by atoms with Crippen LogP contribution >= 0.6 is 0 Å². The number of sulfone groups is 1. The van der Waals surface area contributed by atoms with Crippen molar-refractivity contribution in [2.75, 3.05) is 5.75 Å². The number of hydrogen-bond donors (Lipinski definition) is 1. The van der Waals surface area contributed by atoms with Crippen LogP contribution in [0.1, 0.15) is 36.1 Å². The molecule has 0 aliphatic heterocycles. The highest BCUT2D eigenvalue weighted by molar-refractivity contribution is 7.91. The Hall–Kier alpha value is -2.14. The van der Waals surface area contributed by atoms with Crippen molar-refractivity contribution in [3.05, 3.63) is 65.2 Å². The lowest BCUT2D eigenvalue weighted by molar-refractivity contribution is -0.121. The summed E-state index contributed by atoms with van der Waals surface area (Å²) < 4.78 is 24.6. The fourth-order valence-electron chi connectivity index (χ4n) is 2.55. The SMILES string of the molecule is Cc1ccc(S(=O)(=O)CCC(=O)NC(C)c2ccccc2C)cc1. The molecule has 1 N–H and O–H groups in total. The largest absolute Gasteiger partial charge is 0.350 e.